The van der Waals surface area contributed by atoms with Crippen LogP contribution in [0.15, 0.2) is 12.2 Å². The maximum Gasteiger partial charge on any atom is 0.170 e. The Bertz CT molecular complexity index is 628. The number of Topliss-reactive ketones (excluding diaryl/α,β-unsaturated/α-hetero) is 1. The molecular weight excluding hydrogens is 320 g/mol. The van der Waals surface area contributed by atoms with Crippen LogP contribution in [0, 0.1) is 34.0 Å². The van der Waals surface area contributed by atoms with Gasteiger partial charge in [-0.2, -0.15) is 0 Å². The fraction of sp³-hybridized carbons (Fsp3) is 0.850. The van der Waals surface area contributed by atoms with Gasteiger partial charge < -0.3 is 20.4 Å². The molecule has 2 bridgehead atoms. The van der Waals surface area contributed by atoms with E-state index in [-0.39, 0.29) is 29.3 Å². The first-order chi connectivity index (χ1) is 11.6. The number of carbonyl (C=O) groups excluding carboxylic acids is 1. The van der Waals surface area contributed by atoms with Crippen LogP contribution in [0.1, 0.15) is 46.0 Å². The van der Waals surface area contributed by atoms with Crippen molar-refractivity contribution >= 4 is 5.78 Å². The molecular formula is C20H30O5. The maximum atomic E-state index is 13.2. The normalized spacial score (nSPS) is 54.2. The van der Waals surface area contributed by atoms with Crippen molar-refractivity contribution in [1.29, 1.82) is 0 Å². The Labute approximate surface area is 148 Å². The lowest BCUT2D eigenvalue weighted by Crippen LogP contribution is -2.69. The summed E-state index contributed by atoms with van der Waals surface area (Å²) in [6, 6.07) is 0. The second-order valence-electron chi connectivity index (χ2n) is 9.65. The first-order valence-corrected chi connectivity index (χ1v) is 9.53. The molecule has 5 nitrogen and oxygen atoms in total. The number of carbonyl (C=O) groups is 1. The van der Waals surface area contributed by atoms with E-state index in [0.29, 0.717) is 12.8 Å². The molecule has 0 radical (unpaired) electrons. The van der Waals surface area contributed by atoms with Gasteiger partial charge in [-0.1, -0.05) is 26.8 Å². The molecule has 25 heavy (non-hydrogen) atoms. The van der Waals surface area contributed by atoms with E-state index < -0.39 is 41.0 Å². The summed E-state index contributed by atoms with van der Waals surface area (Å²) in [6.45, 7) is 8.09. The molecule has 0 saturated heterocycles. The third kappa shape index (κ3) is 1.81. The summed E-state index contributed by atoms with van der Waals surface area (Å²) in [5.41, 5.74) is -1.68. The summed E-state index contributed by atoms with van der Waals surface area (Å²) < 4.78 is 0. The van der Waals surface area contributed by atoms with Crippen LogP contribution in [0.5, 0.6) is 0 Å². The maximum absolute atomic E-state index is 13.2. The molecule has 0 aromatic heterocycles. The number of aliphatic hydroxyl groups excluding tert-OH is 4. The second-order valence-corrected chi connectivity index (χ2v) is 9.65. The largest absolute Gasteiger partial charge is 0.396 e. The summed E-state index contributed by atoms with van der Waals surface area (Å²) in [5.74, 6) is -1.36. The highest BCUT2D eigenvalue weighted by atomic mass is 16.3. The molecule has 8 atom stereocenters. The van der Waals surface area contributed by atoms with Crippen LogP contribution in [-0.2, 0) is 4.79 Å². The number of rotatable bonds is 1. The summed E-state index contributed by atoms with van der Waals surface area (Å²) in [6.07, 6.45) is 0.520. The Kier molecular flexibility index (Phi) is 3.64. The first-order valence-electron chi connectivity index (χ1n) is 9.53. The van der Waals surface area contributed by atoms with Crippen molar-refractivity contribution in [2.45, 2.75) is 64.3 Å². The van der Waals surface area contributed by atoms with Crippen molar-refractivity contribution in [2.75, 3.05) is 6.61 Å². The third-order valence-corrected chi connectivity index (χ3v) is 8.48. The molecule has 4 rings (SSSR count). The molecule has 1 unspecified atom stereocenters. The SMILES string of the molecule is C=C1C(=O)[C@]23C(O)[C@H]1[C@@H](O)C[C@H]2[C@]1(CO)CCCC(C)(C)[C@H]1C[C@H]3O. The zero-order valence-corrected chi connectivity index (χ0v) is 15.1. The number of hydrogen-bond acceptors (Lipinski definition) is 5. The quantitative estimate of drug-likeness (QED) is 0.530. The Morgan fingerprint density at radius 2 is 1.80 bits per heavy atom. The van der Waals surface area contributed by atoms with E-state index in [2.05, 4.69) is 20.4 Å². The van der Waals surface area contributed by atoms with E-state index >= 15 is 0 Å². The Morgan fingerprint density at radius 3 is 2.44 bits per heavy atom. The molecule has 140 valence electrons. The molecule has 0 aliphatic heterocycles. The lowest BCUT2D eigenvalue weighted by Gasteiger charge is -2.66. The van der Waals surface area contributed by atoms with E-state index in [1.165, 1.54) is 0 Å². The Hall–Kier alpha value is -0.750. The lowest BCUT2D eigenvalue weighted by molar-refractivity contribution is -0.250. The van der Waals surface area contributed by atoms with Gasteiger partial charge >= 0.3 is 0 Å². The van der Waals surface area contributed by atoms with Crippen LogP contribution >= 0.6 is 0 Å². The number of fused-ring (bicyclic) bond motifs is 3. The van der Waals surface area contributed by atoms with Gasteiger partial charge in [0, 0.05) is 17.9 Å². The van der Waals surface area contributed by atoms with Gasteiger partial charge in [-0.3, -0.25) is 4.79 Å². The molecule has 0 amide bonds. The van der Waals surface area contributed by atoms with Crippen molar-refractivity contribution < 1.29 is 25.2 Å². The van der Waals surface area contributed by atoms with Gasteiger partial charge in [0.25, 0.3) is 0 Å². The van der Waals surface area contributed by atoms with E-state index in [1.54, 1.807) is 0 Å². The standard InChI is InChI=1S/C20H30O5/c1-10-15-11(22)7-13-19(9-21)6-4-5-18(2,3)12(19)8-14(23)20(13,16(10)24)17(15)25/h11-15,17,21-23,25H,1,4-9H2,2-3H3/t11-,12+,13-,14+,15+,17?,19-,20-/m0/s1. The van der Waals surface area contributed by atoms with Gasteiger partial charge in [-0.05, 0) is 48.5 Å². The Balaban J connectivity index is 1.93. The van der Waals surface area contributed by atoms with Crippen LogP contribution in [-0.4, -0.2) is 51.1 Å². The molecule has 4 aliphatic carbocycles. The van der Waals surface area contributed by atoms with E-state index in [1.807, 2.05) is 0 Å². The third-order valence-electron chi connectivity index (χ3n) is 8.48. The van der Waals surface area contributed by atoms with Crippen LogP contribution < -0.4 is 0 Å². The topological polar surface area (TPSA) is 98.0 Å². The molecule has 0 aromatic rings. The highest BCUT2D eigenvalue weighted by molar-refractivity contribution is 6.04. The molecule has 0 heterocycles. The molecule has 0 aromatic carbocycles. The van der Waals surface area contributed by atoms with E-state index in [0.717, 1.165) is 19.3 Å². The van der Waals surface area contributed by atoms with Gasteiger partial charge in [-0.25, -0.2) is 0 Å². The van der Waals surface area contributed by atoms with Crippen molar-refractivity contribution in [3.63, 3.8) is 0 Å². The van der Waals surface area contributed by atoms with Crippen molar-refractivity contribution in [3.05, 3.63) is 12.2 Å². The minimum absolute atomic E-state index is 0.0574. The number of ketones is 1. The Morgan fingerprint density at radius 1 is 1.12 bits per heavy atom. The van der Waals surface area contributed by atoms with E-state index in [9.17, 15) is 25.2 Å². The molecule has 1 spiro atoms. The zero-order chi connectivity index (χ0) is 18.4. The minimum atomic E-state index is -1.31. The predicted octanol–water partition coefficient (Wildman–Crippen LogP) is 1.04. The van der Waals surface area contributed by atoms with Crippen LogP contribution in [0.3, 0.4) is 0 Å². The zero-order valence-electron chi connectivity index (χ0n) is 15.1. The summed E-state index contributed by atoms with van der Waals surface area (Å²) in [4.78, 5) is 13.2. The highest BCUT2D eigenvalue weighted by Gasteiger charge is 2.76. The molecule has 4 N–H and O–H groups in total. The van der Waals surface area contributed by atoms with Crippen molar-refractivity contribution in [2.24, 2.45) is 34.0 Å². The summed E-state index contributed by atoms with van der Waals surface area (Å²) >= 11 is 0. The second kappa shape index (κ2) is 5.16. The van der Waals surface area contributed by atoms with Crippen molar-refractivity contribution in [1.82, 2.24) is 0 Å². The number of aliphatic hydroxyl groups is 4. The fourth-order valence-electron chi connectivity index (χ4n) is 7.42. The van der Waals surface area contributed by atoms with Gasteiger partial charge in [0.1, 0.15) is 0 Å². The average molecular weight is 350 g/mol. The van der Waals surface area contributed by atoms with Gasteiger partial charge in [-0.15, -0.1) is 0 Å². The highest BCUT2D eigenvalue weighted by Crippen LogP contribution is 2.70. The summed E-state index contributed by atoms with van der Waals surface area (Å²) in [7, 11) is 0. The van der Waals surface area contributed by atoms with Crippen molar-refractivity contribution in [3.8, 4) is 0 Å². The van der Waals surface area contributed by atoms with Gasteiger partial charge in [0.15, 0.2) is 5.78 Å². The van der Waals surface area contributed by atoms with Gasteiger partial charge in [0.05, 0.1) is 23.7 Å². The van der Waals surface area contributed by atoms with Crippen LogP contribution in [0.2, 0.25) is 0 Å². The predicted molar refractivity (Wildman–Crippen MR) is 91.5 cm³/mol. The van der Waals surface area contributed by atoms with E-state index in [4.69, 9.17) is 0 Å². The fourth-order valence-corrected chi connectivity index (χ4v) is 7.42. The first kappa shape index (κ1) is 17.7. The lowest BCUT2D eigenvalue weighted by atomic mass is 9.39. The molecule has 4 aliphatic rings. The summed E-state index contributed by atoms with van der Waals surface area (Å²) in [5, 5.41) is 43.3. The van der Waals surface area contributed by atoms with Crippen LogP contribution in [0.25, 0.3) is 0 Å². The minimum Gasteiger partial charge on any atom is -0.396 e. The molecule has 5 heteroatoms. The average Bonchev–Trinajstić information content (AvgIpc) is 2.67. The monoisotopic (exact) mass is 350 g/mol. The molecule has 4 fully saturated rings. The smallest absolute Gasteiger partial charge is 0.170 e. The van der Waals surface area contributed by atoms with Gasteiger partial charge in [0.2, 0.25) is 0 Å². The molecule has 4 saturated carbocycles. The van der Waals surface area contributed by atoms with Crippen LogP contribution in [0.4, 0.5) is 0 Å². The number of hydrogen-bond donors (Lipinski definition) is 4.